The van der Waals surface area contributed by atoms with Crippen LogP contribution >= 0.6 is 0 Å². The highest BCUT2D eigenvalue weighted by Crippen LogP contribution is 2.21. The molecule has 1 fully saturated rings. The Labute approximate surface area is 159 Å². The van der Waals surface area contributed by atoms with Gasteiger partial charge in [0.15, 0.2) is 0 Å². The molecule has 1 atom stereocenters. The normalized spacial score (nSPS) is 16.8. The molecule has 0 bridgehead atoms. The van der Waals surface area contributed by atoms with Crippen LogP contribution in [-0.2, 0) is 9.53 Å². The summed E-state index contributed by atoms with van der Waals surface area (Å²) in [5, 5.41) is 3.08. The Bertz CT molecular complexity index is 515. The number of aryl methyl sites for hydroxylation is 2. The highest BCUT2D eigenvalue weighted by atomic mass is 16.5. The Morgan fingerprint density at radius 3 is 2.23 bits per heavy atom. The lowest BCUT2D eigenvalue weighted by molar-refractivity contribution is -0.116. The van der Waals surface area contributed by atoms with Crippen LogP contribution in [0.1, 0.15) is 88.2 Å². The van der Waals surface area contributed by atoms with Gasteiger partial charge in [0.05, 0.1) is 6.10 Å². The van der Waals surface area contributed by atoms with Crippen molar-refractivity contribution >= 4 is 11.6 Å². The predicted molar refractivity (Wildman–Crippen MR) is 110 cm³/mol. The maximum Gasteiger partial charge on any atom is 0.224 e. The molecule has 26 heavy (non-hydrogen) atoms. The minimum absolute atomic E-state index is 0.150. The number of anilines is 1. The van der Waals surface area contributed by atoms with Gasteiger partial charge in [-0.2, -0.15) is 0 Å². The molecule has 1 aromatic rings. The van der Waals surface area contributed by atoms with Crippen molar-refractivity contribution in [3.63, 3.8) is 0 Å². The molecule has 0 aliphatic carbocycles. The molecule has 1 amide bonds. The van der Waals surface area contributed by atoms with Crippen molar-refractivity contribution in [1.29, 1.82) is 0 Å². The first kappa shape index (κ1) is 21.0. The van der Waals surface area contributed by atoms with Crippen LogP contribution in [0.15, 0.2) is 18.2 Å². The van der Waals surface area contributed by atoms with Crippen LogP contribution in [0.4, 0.5) is 5.69 Å². The molecule has 146 valence electrons. The van der Waals surface area contributed by atoms with Crippen molar-refractivity contribution in [2.24, 2.45) is 0 Å². The van der Waals surface area contributed by atoms with Crippen molar-refractivity contribution < 1.29 is 9.53 Å². The molecule has 1 aromatic carbocycles. The summed E-state index contributed by atoms with van der Waals surface area (Å²) in [6.07, 6.45) is 15.0. The number of unbranched alkanes of at least 4 members (excludes halogenated alkanes) is 7. The third kappa shape index (κ3) is 7.90. The molecule has 3 nitrogen and oxygen atoms in total. The summed E-state index contributed by atoms with van der Waals surface area (Å²) in [6, 6.07) is 6.12. The molecular weight excluding hydrogens is 322 g/mol. The van der Waals surface area contributed by atoms with Gasteiger partial charge >= 0.3 is 0 Å². The second kappa shape index (κ2) is 12.1. The van der Waals surface area contributed by atoms with Crippen LogP contribution in [0.2, 0.25) is 0 Å². The van der Waals surface area contributed by atoms with Gasteiger partial charge in [-0.05, 0) is 50.7 Å². The first-order valence-electron chi connectivity index (χ1n) is 10.6. The Balaban J connectivity index is 1.42. The van der Waals surface area contributed by atoms with Gasteiger partial charge in [-0.3, -0.25) is 4.79 Å². The molecule has 0 radical (unpaired) electrons. The predicted octanol–water partition coefficient (Wildman–Crippen LogP) is 6.32. The van der Waals surface area contributed by atoms with Crippen LogP contribution in [0.3, 0.4) is 0 Å². The molecule has 1 saturated heterocycles. The topological polar surface area (TPSA) is 38.3 Å². The van der Waals surface area contributed by atoms with Crippen molar-refractivity contribution in [3.8, 4) is 0 Å². The number of rotatable bonds is 12. The van der Waals surface area contributed by atoms with Crippen molar-refractivity contribution in [1.82, 2.24) is 0 Å². The molecule has 0 aromatic heterocycles. The van der Waals surface area contributed by atoms with Gasteiger partial charge in [0.1, 0.15) is 0 Å². The number of nitrogens with one attached hydrogen (secondary N) is 1. The van der Waals surface area contributed by atoms with Gasteiger partial charge in [-0.15, -0.1) is 0 Å². The molecule has 1 heterocycles. The van der Waals surface area contributed by atoms with Gasteiger partial charge in [0.25, 0.3) is 0 Å². The summed E-state index contributed by atoms with van der Waals surface area (Å²) >= 11 is 0. The number of amides is 1. The van der Waals surface area contributed by atoms with E-state index in [9.17, 15) is 4.79 Å². The zero-order valence-corrected chi connectivity index (χ0v) is 16.8. The first-order chi connectivity index (χ1) is 12.7. The second-order valence-electron chi connectivity index (χ2n) is 7.82. The number of benzene rings is 1. The SMILES string of the molecule is Cc1cccc(C)c1NC(=O)CCCCCCCCCC[C@@H]1CCCO1. The lowest BCUT2D eigenvalue weighted by Crippen LogP contribution is -2.13. The number of carbonyl (C=O) groups is 1. The average Bonchev–Trinajstić information content (AvgIpc) is 3.13. The molecule has 0 saturated carbocycles. The van der Waals surface area contributed by atoms with Crippen LogP contribution in [0, 0.1) is 13.8 Å². The quantitative estimate of drug-likeness (QED) is 0.443. The zero-order chi connectivity index (χ0) is 18.6. The highest BCUT2D eigenvalue weighted by Gasteiger charge is 2.14. The molecule has 3 heteroatoms. The summed E-state index contributed by atoms with van der Waals surface area (Å²) in [5.41, 5.74) is 3.26. The smallest absolute Gasteiger partial charge is 0.224 e. The number of carbonyl (C=O) groups excluding carboxylic acids is 1. The fraction of sp³-hybridized carbons (Fsp3) is 0.696. The average molecular weight is 360 g/mol. The molecular formula is C23H37NO2. The Kier molecular flexibility index (Phi) is 9.76. The molecule has 0 unspecified atom stereocenters. The molecule has 1 N–H and O–H groups in total. The summed E-state index contributed by atoms with van der Waals surface area (Å²) in [7, 11) is 0. The van der Waals surface area contributed by atoms with E-state index in [0.29, 0.717) is 12.5 Å². The minimum Gasteiger partial charge on any atom is -0.378 e. The lowest BCUT2D eigenvalue weighted by Gasteiger charge is -2.11. The summed E-state index contributed by atoms with van der Waals surface area (Å²) in [4.78, 5) is 12.1. The molecule has 0 spiro atoms. The van der Waals surface area contributed by atoms with Gasteiger partial charge in [0.2, 0.25) is 5.91 Å². The van der Waals surface area contributed by atoms with E-state index >= 15 is 0 Å². The number of ether oxygens (including phenoxy) is 1. The van der Waals surface area contributed by atoms with Crippen LogP contribution in [0.5, 0.6) is 0 Å². The minimum atomic E-state index is 0.150. The van der Waals surface area contributed by atoms with Crippen LogP contribution < -0.4 is 5.32 Å². The Hall–Kier alpha value is -1.35. The largest absolute Gasteiger partial charge is 0.378 e. The van der Waals surface area contributed by atoms with E-state index in [1.807, 2.05) is 32.0 Å². The van der Waals surface area contributed by atoms with E-state index in [2.05, 4.69) is 5.32 Å². The van der Waals surface area contributed by atoms with E-state index in [0.717, 1.165) is 36.3 Å². The highest BCUT2D eigenvalue weighted by molar-refractivity contribution is 5.92. The van der Waals surface area contributed by atoms with E-state index < -0.39 is 0 Å². The molecule has 1 aliphatic heterocycles. The van der Waals surface area contributed by atoms with Gasteiger partial charge < -0.3 is 10.1 Å². The maximum atomic E-state index is 12.1. The maximum absolute atomic E-state index is 12.1. The molecule has 1 aliphatic rings. The van der Waals surface area contributed by atoms with E-state index in [1.165, 1.54) is 57.8 Å². The van der Waals surface area contributed by atoms with E-state index in [4.69, 9.17) is 4.74 Å². The number of para-hydroxylation sites is 1. The monoisotopic (exact) mass is 359 g/mol. The van der Waals surface area contributed by atoms with Gasteiger partial charge in [-0.1, -0.05) is 63.1 Å². The fourth-order valence-electron chi connectivity index (χ4n) is 3.80. The Morgan fingerprint density at radius 1 is 1.00 bits per heavy atom. The zero-order valence-electron chi connectivity index (χ0n) is 16.8. The number of hydrogen-bond acceptors (Lipinski definition) is 2. The lowest BCUT2D eigenvalue weighted by atomic mass is 10.0. The summed E-state index contributed by atoms with van der Waals surface area (Å²) in [6.45, 7) is 5.07. The standard InChI is InChI=1S/C23H37NO2/c1-19-13-11-14-20(2)23(19)24-22(25)17-10-8-6-4-3-5-7-9-15-21-16-12-18-26-21/h11,13-14,21H,3-10,12,15-18H2,1-2H3,(H,24,25)/t21-/m1/s1. The third-order valence-electron chi connectivity index (χ3n) is 5.45. The molecule has 2 rings (SSSR count). The van der Waals surface area contributed by atoms with Gasteiger partial charge in [-0.25, -0.2) is 0 Å². The summed E-state index contributed by atoms with van der Waals surface area (Å²) in [5.74, 6) is 0.150. The van der Waals surface area contributed by atoms with Crippen LogP contribution in [-0.4, -0.2) is 18.6 Å². The fourth-order valence-corrected chi connectivity index (χ4v) is 3.80. The van der Waals surface area contributed by atoms with Crippen molar-refractivity contribution in [3.05, 3.63) is 29.3 Å². The van der Waals surface area contributed by atoms with Crippen LogP contribution in [0.25, 0.3) is 0 Å². The Morgan fingerprint density at radius 2 is 1.62 bits per heavy atom. The van der Waals surface area contributed by atoms with Gasteiger partial charge in [0, 0.05) is 18.7 Å². The van der Waals surface area contributed by atoms with Crippen molar-refractivity contribution in [2.45, 2.75) is 97.0 Å². The van der Waals surface area contributed by atoms with E-state index in [-0.39, 0.29) is 5.91 Å². The van der Waals surface area contributed by atoms with Crippen molar-refractivity contribution in [2.75, 3.05) is 11.9 Å². The third-order valence-corrected chi connectivity index (χ3v) is 5.45. The first-order valence-corrected chi connectivity index (χ1v) is 10.6. The summed E-state index contributed by atoms with van der Waals surface area (Å²) < 4.78 is 5.66. The van der Waals surface area contributed by atoms with E-state index in [1.54, 1.807) is 0 Å². The number of hydrogen-bond donors (Lipinski definition) is 1. The second-order valence-corrected chi connectivity index (χ2v) is 7.82.